The Hall–Kier alpha value is -1.59. The summed E-state index contributed by atoms with van der Waals surface area (Å²) in [6.07, 6.45) is -1.21. The highest BCUT2D eigenvalue weighted by molar-refractivity contribution is 5.69. The highest BCUT2D eigenvalue weighted by atomic mass is 16.6. The number of benzene rings is 1. The minimum Gasteiger partial charge on any atom is -0.444 e. The van der Waals surface area contributed by atoms with Gasteiger partial charge in [0.2, 0.25) is 0 Å². The second-order valence-corrected chi connectivity index (χ2v) is 7.10. The number of aliphatic hydroxyl groups is 1. The van der Waals surface area contributed by atoms with Crippen molar-refractivity contribution in [3.05, 3.63) is 34.9 Å². The Kier molecular flexibility index (Phi) is 5.32. The molecule has 0 saturated carbocycles. The van der Waals surface area contributed by atoms with Crippen LogP contribution in [0.25, 0.3) is 0 Å². The number of carbonyl (C=O) groups excluding carboxylic acids is 1. The van der Waals surface area contributed by atoms with Gasteiger partial charge in [-0.3, -0.25) is 4.90 Å². The minimum absolute atomic E-state index is 0.299. The fourth-order valence-electron chi connectivity index (χ4n) is 2.60. The molecule has 128 valence electrons. The van der Waals surface area contributed by atoms with Gasteiger partial charge in [0.15, 0.2) is 0 Å². The number of nitrogens with zero attached hydrogens (tertiary/aromatic N) is 1. The Balaban J connectivity index is 2.19. The lowest BCUT2D eigenvalue weighted by Gasteiger charge is -2.39. The summed E-state index contributed by atoms with van der Waals surface area (Å²) in [4.78, 5) is 14.0. The van der Waals surface area contributed by atoms with Crippen LogP contribution in [0.3, 0.4) is 0 Å². The Morgan fingerprint density at radius 2 is 2.04 bits per heavy atom. The van der Waals surface area contributed by atoms with Gasteiger partial charge in [0.05, 0.1) is 19.3 Å². The van der Waals surface area contributed by atoms with E-state index < -0.39 is 23.8 Å². The van der Waals surface area contributed by atoms with Crippen molar-refractivity contribution >= 4 is 6.09 Å². The summed E-state index contributed by atoms with van der Waals surface area (Å²) in [6.45, 7) is 10.7. The van der Waals surface area contributed by atoms with Crippen LogP contribution in [0.15, 0.2) is 18.2 Å². The number of hydrogen-bond donors (Lipinski definition) is 1. The van der Waals surface area contributed by atoms with Crippen LogP contribution in [-0.2, 0) is 9.47 Å². The first-order valence-electron chi connectivity index (χ1n) is 8.01. The van der Waals surface area contributed by atoms with Gasteiger partial charge in [-0.1, -0.05) is 18.2 Å². The summed E-state index contributed by atoms with van der Waals surface area (Å²) in [5.74, 6) is 0. The molecule has 2 atom stereocenters. The molecule has 23 heavy (non-hydrogen) atoms. The molecule has 1 aromatic rings. The first kappa shape index (κ1) is 17.8. The van der Waals surface area contributed by atoms with Gasteiger partial charge >= 0.3 is 6.09 Å². The number of carbonyl (C=O) groups is 1. The van der Waals surface area contributed by atoms with Crippen LogP contribution in [0, 0.1) is 13.8 Å². The second-order valence-electron chi connectivity index (χ2n) is 7.10. The molecule has 0 aliphatic carbocycles. The van der Waals surface area contributed by atoms with E-state index >= 15 is 0 Å². The van der Waals surface area contributed by atoms with Crippen LogP contribution in [0.5, 0.6) is 0 Å². The molecule has 1 fully saturated rings. The molecule has 1 heterocycles. The van der Waals surface area contributed by atoms with E-state index in [1.54, 1.807) is 4.90 Å². The predicted octanol–water partition coefficient (Wildman–Crippen LogP) is 2.97. The van der Waals surface area contributed by atoms with E-state index in [9.17, 15) is 9.90 Å². The molecule has 0 radical (unpaired) electrons. The average Bonchev–Trinajstić information content (AvgIpc) is 2.47. The summed E-state index contributed by atoms with van der Waals surface area (Å²) < 4.78 is 10.9. The van der Waals surface area contributed by atoms with Crippen molar-refractivity contribution in [1.29, 1.82) is 0 Å². The van der Waals surface area contributed by atoms with E-state index in [-0.39, 0.29) is 0 Å². The molecule has 0 bridgehead atoms. The first-order valence-corrected chi connectivity index (χ1v) is 8.01. The van der Waals surface area contributed by atoms with Gasteiger partial charge in [0, 0.05) is 6.54 Å². The topological polar surface area (TPSA) is 59.0 Å². The Bertz CT molecular complexity index is 565. The molecule has 1 aliphatic rings. The summed E-state index contributed by atoms with van der Waals surface area (Å²) in [6, 6.07) is 5.40. The molecule has 2 unspecified atom stereocenters. The molecule has 1 aliphatic heterocycles. The van der Waals surface area contributed by atoms with Crippen molar-refractivity contribution in [1.82, 2.24) is 4.90 Å². The van der Waals surface area contributed by atoms with Gasteiger partial charge in [-0.05, 0) is 51.3 Å². The zero-order valence-corrected chi connectivity index (χ0v) is 14.6. The van der Waals surface area contributed by atoms with Crippen LogP contribution in [0.1, 0.15) is 43.6 Å². The number of rotatable bonds is 2. The number of aryl methyl sites for hydroxylation is 2. The fraction of sp³-hybridized carbons (Fsp3) is 0.611. The summed E-state index contributed by atoms with van der Waals surface area (Å²) in [5, 5.41) is 10.7. The van der Waals surface area contributed by atoms with Crippen LogP contribution in [0.2, 0.25) is 0 Å². The molecule has 2 rings (SSSR count). The number of aliphatic hydroxyl groups excluding tert-OH is 1. The zero-order valence-electron chi connectivity index (χ0n) is 14.6. The van der Waals surface area contributed by atoms with E-state index in [0.717, 1.165) is 11.1 Å². The van der Waals surface area contributed by atoms with Crippen molar-refractivity contribution in [3.63, 3.8) is 0 Å². The molecular weight excluding hydrogens is 294 g/mol. The Morgan fingerprint density at radius 1 is 1.35 bits per heavy atom. The monoisotopic (exact) mass is 321 g/mol. The molecule has 1 aromatic carbocycles. The summed E-state index contributed by atoms with van der Waals surface area (Å²) >= 11 is 0. The molecule has 1 amide bonds. The van der Waals surface area contributed by atoms with Gasteiger partial charge in [-0.2, -0.15) is 0 Å². The maximum atomic E-state index is 12.4. The zero-order chi connectivity index (χ0) is 17.2. The number of amides is 1. The number of ether oxygens (including phenoxy) is 2. The molecule has 5 heteroatoms. The van der Waals surface area contributed by atoms with E-state index in [1.165, 1.54) is 5.56 Å². The van der Waals surface area contributed by atoms with Gasteiger partial charge < -0.3 is 14.6 Å². The van der Waals surface area contributed by atoms with Gasteiger partial charge in [0.1, 0.15) is 11.7 Å². The van der Waals surface area contributed by atoms with Crippen LogP contribution >= 0.6 is 0 Å². The van der Waals surface area contributed by atoms with Crippen molar-refractivity contribution in [2.45, 2.75) is 52.4 Å². The summed E-state index contributed by atoms with van der Waals surface area (Å²) in [5.41, 5.74) is 2.51. The van der Waals surface area contributed by atoms with Crippen LogP contribution in [0.4, 0.5) is 4.79 Å². The highest BCUT2D eigenvalue weighted by Crippen LogP contribution is 2.26. The van der Waals surface area contributed by atoms with E-state index in [0.29, 0.717) is 19.8 Å². The number of hydrogen-bond acceptors (Lipinski definition) is 4. The molecular formula is C18H27NO4. The van der Waals surface area contributed by atoms with Gasteiger partial charge in [-0.15, -0.1) is 0 Å². The first-order chi connectivity index (χ1) is 10.7. The lowest BCUT2D eigenvalue weighted by Crippen LogP contribution is -2.52. The van der Waals surface area contributed by atoms with Gasteiger partial charge in [-0.25, -0.2) is 4.79 Å². The largest absolute Gasteiger partial charge is 0.444 e. The normalized spacial score (nSPS) is 20.3. The predicted molar refractivity (Wildman–Crippen MR) is 88.4 cm³/mol. The van der Waals surface area contributed by atoms with Crippen LogP contribution in [-0.4, -0.2) is 47.5 Å². The minimum atomic E-state index is -0.804. The van der Waals surface area contributed by atoms with Crippen molar-refractivity contribution in [3.8, 4) is 0 Å². The highest BCUT2D eigenvalue weighted by Gasteiger charge is 2.36. The fourth-order valence-corrected chi connectivity index (χ4v) is 2.60. The van der Waals surface area contributed by atoms with Crippen molar-refractivity contribution in [2.24, 2.45) is 0 Å². The third kappa shape index (κ3) is 4.45. The maximum absolute atomic E-state index is 12.4. The summed E-state index contributed by atoms with van der Waals surface area (Å²) in [7, 11) is 0. The average molecular weight is 321 g/mol. The van der Waals surface area contributed by atoms with E-state index in [1.807, 2.05) is 52.8 Å². The Labute approximate surface area is 138 Å². The third-order valence-corrected chi connectivity index (χ3v) is 4.03. The molecule has 1 N–H and O–H groups in total. The van der Waals surface area contributed by atoms with Crippen molar-refractivity contribution < 1.29 is 19.4 Å². The molecule has 0 aromatic heterocycles. The lowest BCUT2D eigenvalue weighted by atomic mass is 9.97. The standard InChI is InChI=1S/C18H27NO4/c1-12-6-7-14(10-13(12)2)16(20)15-11-22-9-8-19(15)17(21)23-18(3,4)5/h6-7,10,15-16,20H,8-9,11H2,1-5H3. The molecule has 5 nitrogen and oxygen atoms in total. The Morgan fingerprint density at radius 3 is 2.65 bits per heavy atom. The molecule has 1 saturated heterocycles. The molecule has 0 spiro atoms. The van der Waals surface area contributed by atoms with Crippen LogP contribution < -0.4 is 0 Å². The third-order valence-electron chi connectivity index (χ3n) is 4.03. The maximum Gasteiger partial charge on any atom is 0.410 e. The SMILES string of the molecule is Cc1ccc(C(O)C2COCCN2C(=O)OC(C)(C)C)cc1C. The quantitative estimate of drug-likeness (QED) is 0.910. The van der Waals surface area contributed by atoms with E-state index in [2.05, 4.69) is 0 Å². The second kappa shape index (κ2) is 6.89. The number of morpholine rings is 1. The van der Waals surface area contributed by atoms with Crippen molar-refractivity contribution in [2.75, 3.05) is 19.8 Å². The smallest absolute Gasteiger partial charge is 0.410 e. The van der Waals surface area contributed by atoms with Gasteiger partial charge in [0.25, 0.3) is 0 Å². The lowest BCUT2D eigenvalue weighted by molar-refractivity contribution is -0.0672. The van der Waals surface area contributed by atoms with E-state index in [4.69, 9.17) is 9.47 Å².